The first-order valence-corrected chi connectivity index (χ1v) is 8.04. The SMILES string of the molecule is NC(Cc1ccccc1Cl)C1CSCCS1. The number of thioether (sulfide) groups is 2. The van der Waals surface area contributed by atoms with Crippen LogP contribution in [0, 0.1) is 0 Å². The molecule has 0 bridgehead atoms. The van der Waals surface area contributed by atoms with Gasteiger partial charge in [-0.2, -0.15) is 23.5 Å². The van der Waals surface area contributed by atoms with Gasteiger partial charge in [-0.3, -0.25) is 0 Å². The van der Waals surface area contributed by atoms with Gasteiger partial charge in [-0.25, -0.2) is 0 Å². The first-order valence-electron chi connectivity index (χ1n) is 5.45. The van der Waals surface area contributed by atoms with E-state index in [0.717, 1.165) is 11.4 Å². The van der Waals surface area contributed by atoms with Crippen molar-refractivity contribution in [3.05, 3.63) is 34.9 Å². The molecule has 88 valence electrons. The van der Waals surface area contributed by atoms with E-state index in [0.29, 0.717) is 5.25 Å². The van der Waals surface area contributed by atoms with Gasteiger partial charge in [-0.05, 0) is 18.1 Å². The highest BCUT2D eigenvalue weighted by Crippen LogP contribution is 2.28. The third-order valence-electron chi connectivity index (χ3n) is 2.73. The van der Waals surface area contributed by atoms with Gasteiger partial charge in [0.2, 0.25) is 0 Å². The summed E-state index contributed by atoms with van der Waals surface area (Å²) in [5.74, 6) is 3.67. The Kier molecular flexibility index (Phi) is 4.89. The zero-order valence-electron chi connectivity index (χ0n) is 9.06. The van der Waals surface area contributed by atoms with Gasteiger partial charge in [0.1, 0.15) is 0 Å². The smallest absolute Gasteiger partial charge is 0.0438 e. The van der Waals surface area contributed by atoms with Crippen LogP contribution in [0.2, 0.25) is 5.02 Å². The van der Waals surface area contributed by atoms with E-state index in [2.05, 4.69) is 6.07 Å². The van der Waals surface area contributed by atoms with E-state index < -0.39 is 0 Å². The maximum atomic E-state index is 6.26. The van der Waals surface area contributed by atoms with Crippen molar-refractivity contribution in [3.8, 4) is 0 Å². The molecule has 2 N–H and O–H groups in total. The topological polar surface area (TPSA) is 26.0 Å². The Morgan fingerprint density at radius 1 is 1.38 bits per heavy atom. The Balaban J connectivity index is 1.96. The van der Waals surface area contributed by atoms with Gasteiger partial charge in [-0.1, -0.05) is 29.8 Å². The molecule has 1 aromatic rings. The Morgan fingerprint density at radius 3 is 2.88 bits per heavy atom. The van der Waals surface area contributed by atoms with E-state index in [4.69, 9.17) is 17.3 Å². The molecular weight excluding hydrogens is 258 g/mol. The molecule has 1 aliphatic heterocycles. The van der Waals surface area contributed by atoms with Gasteiger partial charge in [0.15, 0.2) is 0 Å². The van der Waals surface area contributed by atoms with Gasteiger partial charge < -0.3 is 5.73 Å². The van der Waals surface area contributed by atoms with Crippen LogP contribution in [0.1, 0.15) is 5.56 Å². The van der Waals surface area contributed by atoms with Crippen molar-refractivity contribution < 1.29 is 0 Å². The lowest BCUT2D eigenvalue weighted by molar-refractivity contribution is 0.664. The van der Waals surface area contributed by atoms with Gasteiger partial charge in [0, 0.05) is 33.6 Å². The Labute approximate surface area is 111 Å². The van der Waals surface area contributed by atoms with E-state index in [-0.39, 0.29) is 6.04 Å². The lowest BCUT2D eigenvalue weighted by Gasteiger charge is -2.26. The minimum atomic E-state index is 0.220. The monoisotopic (exact) mass is 273 g/mol. The van der Waals surface area contributed by atoms with Crippen LogP contribution in [0.4, 0.5) is 0 Å². The average molecular weight is 274 g/mol. The second kappa shape index (κ2) is 6.20. The van der Waals surface area contributed by atoms with Crippen molar-refractivity contribution >= 4 is 35.1 Å². The molecule has 0 amide bonds. The lowest BCUT2D eigenvalue weighted by Crippen LogP contribution is -2.38. The normalized spacial score (nSPS) is 23.0. The number of halogens is 1. The van der Waals surface area contributed by atoms with E-state index in [9.17, 15) is 0 Å². The first kappa shape index (κ1) is 12.6. The van der Waals surface area contributed by atoms with Crippen LogP contribution in [0.3, 0.4) is 0 Å². The minimum Gasteiger partial charge on any atom is -0.326 e. The van der Waals surface area contributed by atoms with Crippen molar-refractivity contribution in [1.29, 1.82) is 0 Å². The Bertz CT molecular complexity index is 340. The zero-order valence-corrected chi connectivity index (χ0v) is 11.5. The number of benzene rings is 1. The van der Waals surface area contributed by atoms with Crippen molar-refractivity contribution in [1.82, 2.24) is 0 Å². The molecule has 1 heterocycles. The fourth-order valence-corrected chi connectivity index (χ4v) is 4.84. The molecule has 1 saturated heterocycles. The molecule has 0 radical (unpaired) electrons. The van der Waals surface area contributed by atoms with Crippen LogP contribution in [0.25, 0.3) is 0 Å². The van der Waals surface area contributed by atoms with Gasteiger partial charge in [0.05, 0.1) is 0 Å². The van der Waals surface area contributed by atoms with Crippen LogP contribution >= 0.6 is 35.1 Å². The van der Waals surface area contributed by atoms with Crippen LogP contribution in [-0.2, 0) is 6.42 Å². The summed E-state index contributed by atoms with van der Waals surface area (Å²) < 4.78 is 0. The van der Waals surface area contributed by atoms with E-state index in [1.807, 2.05) is 41.7 Å². The summed E-state index contributed by atoms with van der Waals surface area (Å²) in [6.45, 7) is 0. The molecule has 0 aromatic heterocycles. The molecular formula is C12H16ClNS2. The Morgan fingerprint density at radius 2 is 2.19 bits per heavy atom. The molecule has 1 aromatic carbocycles. The van der Waals surface area contributed by atoms with Gasteiger partial charge >= 0.3 is 0 Å². The molecule has 0 aliphatic carbocycles. The summed E-state index contributed by atoms with van der Waals surface area (Å²) in [4.78, 5) is 0. The first-order chi connectivity index (χ1) is 7.77. The lowest BCUT2D eigenvalue weighted by atomic mass is 10.0. The van der Waals surface area contributed by atoms with Crippen molar-refractivity contribution in [2.45, 2.75) is 17.7 Å². The molecule has 2 rings (SSSR count). The third-order valence-corrected chi connectivity index (χ3v) is 6.04. The summed E-state index contributed by atoms with van der Waals surface area (Å²) in [7, 11) is 0. The molecule has 16 heavy (non-hydrogen) atoms. The summed E-state index contributed by atoms with van der Waals surface area (Å²) in [6, 6.07) is 8.21. The quantitative estimate of drug-likeness (QED) is 0.917. The zero-order chi connectivity index (χ0) is 11.4. The second-order valence-corrected chi connectivity index (χ2v) is 6.85. The van der Waals surface area contributed by atoms with Gasteiger partial charge in [0.25, 0.3) is 0 Å². The highest BCUT2D eigenvalue weighted by Gasteiger charge is 2.22. The second-order valence-electron chi connectivity index (χ2n) is 3.94. The summed E-state index contributed by atoms with van der Waals surface area (Å²) in [6.07, 6.45) is 0.887. The predicted octanol–water partition coefficient (Wildman–Crippen LogP) is 3.06. The number of hydrogen-bond donors (Lipinski definition) is 1. The highest BCUT2D eigenvalue weighted by molar-refractivity contribution is 8.06. The fraction of sp³-hybridized carbons (Fsp3) is 0.500. The molecule has 0 spiro atoms. The predicted molar refractivity (Wildman–Crippen MR) is 76.7 cm³/mol. The third kappa shape index (κ3) is 3.33. The number of rotatable bonds is 3. The fourth-order valence-electron chi connectivity index (χ4n) is 1.80. The summed E-state index contributed by atoms with van der Waals surface area (Å²) in [5.41, 5.74) is 7.43. The van der Waals surface area contributed by atoms with Crippen molar-refractivity contribution in [2.75, 3.05) is 17.3 Å². The summed E-state index contributed by atoms with van der Waals surface area (Å²) in [5, 5.41) is 1.42. The molecule has 1 fully saturated rings. The molecule has 2 unspecified atom stereocenters. The van der Waals surface area contributed by atoms with Crippen LogP contribution < -0.4 is 5.73 Å². The van der Waals surface area contributed by atoms with Crippen molar-refractivity contribution in [2.24, 2.45) is 5.73 Å². The largest absolute Gasteiger partial charge is 0.326 e. The minimum absolute atomic E-state index is 0.220. The molecule has 4 heteroatoms. The van der Waals surface area contributed by atoms with E-state index in [1.165, 1.54) is 22.8 Å². The Hall–Kier alpha value is 0.170. The standard InChI is InChI=1S/C12H16ClNS2/c13-10-4-2-1-3-9(10)7-11(14)12-8-15-5-6-16-12/h1-4,11-12H,5-8,14H2. The summed E-state index contributed by atoms with van der Waals surface area (Å²) >= 11 is 10.2. The number of hydrogen-bond acceptors (Lipinski definition) is 3. The molecule has 0 saturated carbocycles. The molecule has 1 aliphatic rings. The molecule has 1 nitrogen and oxygen atoms in total. The maximum Gasteiger partial charge on any atom is 0.0438 e. The van der Waals surface area contributed by atoms with E-state index >= 15 is 0 Å². The number of nitrogens with two attached hydrogens (primary N) is 1. The highest BCUT2D eigenvalue weighted by atomic mass is 35.5. The van der Waals surface area contributed by atoms with Crippen LogP contribution in [0.15, 0.2) is 24.3 Å². The van der Waals surface area contributed by atoms with Crippen LogP contribution in [0.5, 0.6) is 0 Å². The van der Waals surface area contributed by atoms with Crippen LogP contribution in [-0.4, -0.2) is 28.6 Å². The maximum absolute atomic E-state index is 6.26. The van der Waals surface area contributed by atoms with Crippen molar-refractivity contribution in [3.63, 3.8) is 0 Å². The average Bonchev–Trinajstić information content (AvgIpc) is 2.33. The van der Waals surface area contributed by atoms with Gasteiger partial charge in [-0.15, -0.1) is 0 Å². The molecule has 2 atom stereocenters. The van der Waals surface area contributed by atoms with E-state index in [1.54, 1.807) is 0 Å².